The van der Waals surface area contributed by atoms with Gasteiger partial charge in [-0.05, 0) is 29.3 Å². The topological polar surface area (TPSA) is 64.5 Å². The first-order chi connectivity index (χ1) is 21.3. The zero-order valence-electron chi connectivity index (χ0n) is 22.9. The summed E-state index contributed by atoms with van der Waals surface area (Å²) in [5.74, 6) is 1.93. The Morgan fingerprint density at radius 1 is 0.419 bits per heavy atom. The Kier molecular flexibility index (Phi) is 6.24. The van der Waals surface area contributed by atoms with Crippen molar-refractivity contribution in [3.63, 3.8) is 0 Å². The molecule has 0 spiro atoms. The second-order valence-electron chi connectivity index (χ2n) is 10.2. The van der Waals surface area contributed by atoms with Gasteiger partial charge >= 0.3 is 0 Å². The van der Waals surface area contributed by atoms with E-state index in [-0.39, 0.29) is 0 Å². The van der Waals surface area contributed by atoms with Crippen LogP contribution in [-0.4, -0.2) is 24.9 Å². The normalized spacial score (nSPS) is 11.3. The van der Waals surface area contributed by atoms with Crippen LogP contribution in [0.2, 0.25) is 0 Å². The van der Waals surface area contributed by atoms with E-state index in [1.807, 2.05) is 60.7 Å². The Bertz CT molecular complexity index is 2190. The fourth-order valence-electron chi connectivity index (χ4n) is 5.35. The summed E-state index contributed by atoms with van der Waals surface area (Å²) in [4.78, 5) is 24.0. The molecule has 43 heavy (non-hydrogen) atoms. The second-order valence-corrected chi connectivity index (χ2v) is 11.3. The predicted octanol–water partition coefficient (Wildman–Crippen LogP) is 9.36. The summed E-state index contributed by atoms with van der Waals surface area (Å²) >= 11 is 1.74. The van der Waals surface area contributed by atoms with Gasteiger partial charge in [0.2, 0.25) is 0 Å². The molecule has 0 atom stereocenters. The third-order valence-electron chi connectivity index (χ3n) is 7.45. The van der Waals surface area contributed by atoms with Gasteiger partial charge < -0.3 is 0 Å². The number of thiophene rings is 1. The predicted molar refractivity (Wildman–Crippen MR) is 175 cm³/mol. The van der Waals surface area contributed by atoms with Crippen LogP contribution in [0, 0.1) is 0 Å². The van der Waals surface area contributed by atoms with E-state index in [9.17, 15) is 0 Å². The van der Waals surface area contributed by atoms with Gasteiger partial charge in [0, 0.05) is 32.3 Å². The quantitative estimate of drug-likeness (QED) is 0.207. The van der Waals surface area contributed by atoms with Crippen LogP contribution in [0.25, 0.3) is 76.9 Å². The summed E-state index contributed by atoms with van der Waals surface area (Å²) < 4.78 is 2.31. The lowest BCUT2D eigenvalue weighted by Gasteiger charge is -2.10. The molecule has 0 N–H and O–H groups in total. The first kappa shape index (κ1) is 25.1. The van der Waals surface area contributed by atoms with Crippen LogP contribution in [0.1, 0.15) is 0 Å². The maximum absolute atomic E-state index is 4.92. The Hall–Kier alpha value is -5.59. The number of aromatic nitrogens is 5. The molecule has 0 unspecified atom stereocenters. The van der Waals surface area contributed by atoms with E-state index in [4.69, 9.17) is 19.9 Å². The molecule has 5 nitrogen and oxygen atoms in total. The van der Waals surface area contributed by atoms with Crippen molar-refractivity contribution in [3.05, 3.63) is 140 Å². The third-order valence-corrected chi connectivity index (χ3v) is 8.61. The van der Waals surface area contributed by atoms with Crippen molar-refractivity contribution < 1.29 is 0 Å². The second kappa shape index (κ2) is 10.7. The smallest absolute Gasteiger partial charge is 0.164 e. The maximum Gasteiger partial charge on any atom is 0.164 e. The molecule has 0 aliphatic rings. The molecule has 0 saturated carbocycles. The fourth-order valence-corrected chi connectivity index (χ4v) is 6.52. The highest BCUT2D eigenvalue weighted by atomic mass is 32.1. The monoisotopic (exact) mass is 569 g/mol. The van der Waals surface area contributed by atoms with Crippen molar-refractivity contribution in [2.75, 3.05) is 0 Å². The SMILES string of the molecule is c1ccc(-c2nc(-c3ccccc3)nc(-c3cccc(-c4cccc(-c5ncnc6c5sc5ccccc56)c4)c3)n2)cc1. The molecule has 0 aliphatic carbocycles. The molecule has 0 aliphatic heterocycles. The van der Waals surface area contributed by atoms with E-state index in [0.717, 1.165) is 54.7 Å². The fraction of sp³-hybridized carbons (Fsp3) is 0. The lowest BCUT2D eigenvalue weighted by Crippen LogP contribution is -2.00. The summed E-state index contributed by atoms with van der Waals surface area (Å²) in [6, 6.07) is 45.4. The summed E-state index contributed by atoms with van der Waals surface area (Å²) in [6.07, 6.45) is 1.67. The molecule has 8 rings (SSSR count). The van der Waals surface area contributed by atoms with Crippen LogP contribution < -0.4 is 0 Å². The van der Waals surface area contributed by atoms with Gasteiger partial charge in [-0.3, -0.25) is 0 Å². The van der Waals surface area contributed by atoms with Crippen LogP contribution >= 0.6 is 11.3 Å². The lowest BCUT2D eigenvalue weighted by atomic mass is 9.99. The van der Waals surface area contributed by atoms with E-state index in [1.165, 1.54) is 4.70 Å². The molecule has 0 saturated heterocycles. The number of rotatable bonds is 5. The minimum absolute atomic E-state index is 0.633. The average Bonchev–Trinajstić information content (AvgIpc) is 3.48. The third kappa shape index (κ3) is 4.74. The molecule has 6 heteroatoms. The van der Waals surface area contributed by atoms with Crippen molar-refractivity contribution >= 4 is 31.6 Å². The number of hydrogen-bond donors (Lipinski definition) is 0. The van der Waals surface area contributed by atoms with Crippen LogP contribution in [-0.2, 0) is 0 Å². The van der Waals surface area contributed by atoms with Crippen molar-refractivity contribution in [2.45, 2.75) is 0 Å². The zero-order chi connectivity index (χ0) is 28.6. The van der Waals surface area contributed by atoms with Crippen molar-refractivity contribution in [3.8, 4) is 56.5 Å². The van der Waals surface area contributed by atoms with Gasteiger partial charge in [0.1, 0.15) is 6.33 Å². The molecule has 5 aromatic carbocycles. The van der Waals surface area contributed by atoms with Gasteiger partial charge in [-0.2, -0.15) is 0 Å². The molecular formula is C37H23N5S. The highest BCUT2D eigenvalue weighted by molar-refractivity contribution is 7.26. The molecule has 202 valence electrons. The summed E-state index contributed by atoms with van der Waals surface area (Å²) in [7, 11) is 0. The van der Waals surface area contributed by atoms with E-state index in [0.29, 0.717) is 17.5 Å². The lowest BCUT2D eigenvalue weighted by molar-refractivity contribution is 1.07. The largest absolute Gasteiger partial charge is 0.235 e. The summed E-state index contributed by atoms with van der Waals surface area (Å²) in [6.45, 7) is 0. The highest BCUT2D eigenvalue weighted by Crippen LogP contribution is 2.38. The zero-order valence-corrected chi connectivity index (χ0v) is 23.7. The van der Waals surface area contributed by atoms with Crippen LogP contribution in [0.15, 0.2) is 140 Å². The standard InChI is InChI=1S/C37H23N5S/c1-3-11-24(12-4-1)35-40-36(25-13-5-2-6-14-25)42-37(41-35)29-18-10-16-27(22-29)26-15-9-17-28(21-26)32-34-33(39-23-38-32)30-19-7-8-20-31(30)43-34/h1-23H. The van der Waals surface area contributed by atoms with Crippen LogP contribution in [0.3, 0.4) is 0 Å². The molecule has 0 fully saturated rings. The maximum atomic E-state index is 4.92. The van der Waals surface area contributed by atoms with Gasteiger partial charge in [0.15, 0.2) is 17.5 Å². The first-order valence-electron chi connectivity index (χ1n) is 14.0. The Morgan fingerprint density at radius 3 is 1.60 bits per heavy atom. The Labute approximate surface area is 252 Å². The van der Waals surface area contributed by atoms with Gasteiger partial charge in [-0.15, -0.1) is 11.3 Å². The molecule has 0 radical (unpaired) electrons. The van der Waals surface area contributed by atoms with Gasteiger partial charge in [-0.25, -0.2) is 24.9 Å². The number of hydrogen-bond acceptors (Lipinski definition) is 6. The minimum Gasteiger partial charge on any atom is -0.235 e. The first-order valence-corrected chi connectivity index (χ1v) is 14.8. The summed E-state index contributed by atoms with van der Waals surface area (Å²) in [5, 5.41) is 1.16. The Morgan fingerprint density at radius 2 is 0.930 bits per heavy atom. The van der Waals surface area contributed by atoms with Crippen LogP contribution in [0.4, 0.5) is 0 Å². The average molecular weight is 570 g/mol. The molecular weight excluding hydrogens is 547 g/mol. The van der Waals surface area contributed by atoms with E-state index in [2.05, 4.69) is 77.8 Å². The molecule has 3 aromatic heterocycles. The number of fused-ring (bicyclic) bond motifs is 3. The summed E-state index contributed by atoms with van der Waals surface area (Å²) in [5.41, 5.74) is 7.98. The van der Waals surface area contributed by atoms with Gasteiger partial charge in [0.25, 0.3) is 0 Å². The number of benzene rings is 5. The molecule has 3 heterocycles. The number of nitrogens with zero attached hydrogens (tertiary/aromatic N) is 5. The van der Waals surface area contributed by atoms with Crippen molar-refractivity contribution in [1.82, 2.24) is 24.9 Å². The van der Waals surface area contributed by atoms with Crippen molar-refractivity contribution in [2.24, 2.45) is 0 Å². The molecule has 0 amide bonds. The van der Waals surface area contributed by atoms with E-state index >= 15 is 0 Å². The van der Waals surface area contributed by atoms with E-state index in [1.54, 1.807) is 17.7 Å². The van der Waals surface area contributed by atoms with Crippen molar-refractivity contribution in [1.29, 1.82) is 0 Å². The van der Waals surface area contributed by atoms with Gasteiger partial charge in [-0.1, -0.05) is 115 Å². The van der Waals surface area contributed by atoms with Crippen LogP contribution in [0.5, 0.6) is 0 Å². The van der Waals surface area contributed by atoms with E-state index < -0.39 is 0 Å². The molecule has 8 aromatic rings. The van der Waals surface area contributed by atoms with Gasteiger partial charge in [0.05, 0.1) is 15.9 Å². The molecule has 0 bridgehead atoms. The Balaban J connectivity index is 1.22. The highest BCUT2D eigenvalue weighted by Gasteiger charge is 2.15. The minimum atomic E-state index is 0.633.